The molecule has 5 heteroatoms. The van der Waals surface area contributed by atoms with Gasteiger partial charge >= 0.3 is 5.97 Å². The van der Waals surface area contributed by atoms with Gasteiger partial charge < -0.3 is 14.9 Å². The van der Waals surface area contributed by atoms with E-state index in [1.807, 2.05) is 34.7 Å². The monoisotopic (exact) mass is 462 g/mol. The number of hydrogen-bond acceptors (Lipinski definition) is 4. The molecule has 0 saturated heterocycles. The maximum atomic E-state index is 13.6. The minimum Gasteiger partial charge on any atom is -0.462 e. The zero-order chi connectivity index (χ0) is 24.5. The first kappa shape index (κ1) is 25.7. The van der Waals surface area contributed by atoms with E-state index in [-0.39, 0.29) is 17.8 Å². The number of rotatable bonds is 13. The number of aryl methyl sites for hydroxylation is 2. The smallest absolute Gasteiger partial charge is 0.338 e. The van der Waals surface area contributed by atoms with Gasteiger partial charge in [0.2, 0.25) is 5.78 Å². The molecule has 3 rings (SSSR count). The minimum atomic E-state index is -0.348. The molecule has 1 atom stereocenters. The maximum absolute atomic E-state index is 13.6. The van der Waals surface area contributed by atoms with Crippen LogP contribution in [0.2, 0.25) is 0 Å². The summed E-state index contributed by atoms with van der Waals surface area (Å²) in [6.07, 6.45) is 9.95. The Balaban J connectivity index is 1.84. The first-order chi connectivity index (χ1) is 16.5. The van der Waals surface area contributed by atoms with Crippen molar-refractivity contribution in [2.24, 2.45) is 5.73 Å². The molecule has 0 saturated carbocycles. The third-order valence-electron chi connectivity index (χ3n) is 6.33. The number of ether oxygens (including phenoxy) is 1. The summed E-state index contributed by atoms with van der Waals surface area (Å²) in [4.78, 5) is 25.8. The molecule has 0 aliphatic carbocycles. The summed E-state index contributed by atoms with van der Waals surface area (Å²) >= 11 is 0. The van der Waals surface area contributed by atoms with Crippen LogP contribution < -0.4 is 5.73 Å². The average Bonchev–Trinajstić information content (AvgIpc) is 3.22. The second-order valence-corrected chi connectivity index (χ2v) is 9.02. The van der Waals surface area contributed by atoms with Crippen LogP contribution in [0.5, 0.6) is 0 Å². The number of nitrogens with two attached hydrogens (primary N) is 1. The summed E-state index contributed by atoms with van der Waals surface area (Å²) in [5.74, 6) is -0.347. The number of nitrogens with zero attached hydrogens (tertiary/aromatic N) is 1. The second-order valence-electron chi connectivity index (χ2n) is 9.02. The fourth-order valence-electron chi connectivity index (χ4n) is 4.31. The highest BCUT2D eigenvalue weighted by Crippen LogP contribution is 2.24. The Morgan fingerprint density at radius 3 is 2.32 bits per heavy atom. The molecule has 1 aromatic carbocycles. The number of ketones is 1. The van der Waals surface area contributed by atoms with Crippen molar-refractivity contribution in [3.8, 4) is 0 Å². The lowest BCUT2D eigenvalue weighted by Gasteiger charge is -2.11. The molecule has 0 fully saturated rings. The number of carbonyl (C=O) groups excluding carboxylic acids is 2. The van der Waals surface area contributed by atoms with Crippen LogP contribution >= 0.6 is 0 Å². The minimum absolute atomic E-state index is 0.00110. The topological polar surface area (TPSA) is 73.8 Å². The predicted molar refractivity (Wildman–Crippen MR) is 138 cm³/mol. The summed E-state index contributed by atoms with van der Waals surface area (Å²) in [5, 5.41) is 0. The van der Waals surface area contributed by atoms with Gasteiger partial charge in [0.1, 0.15) is 0 Å². The number of pyridine rings is 1. The number of unbranched alkanes of at least 4 members (excludes halogenated alkanes) is 2. The third kappa shape index (κ3) is 6.35. The number of aromatic nitrogens is 1. The van der Waals surface area contributed by atoms with E-state index in [2.05, 4.69) is 13.8 Å². The molecule has 0 radical (unpaired) electrons. The van der Waals surface area contributed by atoms with Gasteiger partial charge in [-0.2, -0.15) is 0 Å². The zero-order valence-corrected chi connectivity index (χ0v) is 20.8. The lowest BCUT2D eigenvalue weighted by atomic mass is 9.98. The molecule has 0 spiro atoms. The highest BCUT2D eigenvalue weighted by molar-refractivity contribution is 6.09. The molecule has 3 aromatic rings. The number of esters is 1. The average molecular weight is 463 g/mol. The van der Waals surface area contributed by atoms with Crippen LogP contribution in [0.3, 0.4) is 0 Å². The molecule has 34 heavy (non-hydrogen) atoms. The molecule has 2 heterocycles. The van der Waals surface area contributed by atoms with Crippen molar-refractivity contribution < 1.29 is 14.3 Å². The van der Waals surface area contributed by atoms with Crippen LogP contribution in [-0.4, -0.2) is 28.8 Å². The van der Waals surface area contributed by atoms with E-state index in [9.17, 15) is 9.59 Å². The third-order valence-corrected chi connectivity index (χ3v) is 6.33. The molecule has 182 valence electrons. The fourth-order valence-corrected chi connectivity index (χ4v) is 4.31. The van der Waals surface area contributed by atoms with Crippen molar-refractivity contribution in [1.82, 2.24) is 4.40 Å². The molecule has 5 nitrogen and oxygen atoms in total. The highest BCUT2D eigenvalue weighted by atomic mass is 16.5. The van der Waals surface area contributed by atoms with Crippen LogP contribution in [-0.2, 0) is 17.6 Å². The van der Waals surface area contributed by atoms with Gasteiger partial charge in [-0.3, -0.25) is 4.79 Å². The van der Waals surface area contributed by atoms with Crippen LogP contribution in [0, 0.1) is 0 Å². The van der Waals surface area contributed by atoms with Gasteiger partial charge in [-0.05, 0) is 68.4 Å². The normalized spacial score (nSPS) is 12.1. The highest BCUT2D eigenvalue weighted by Gasteiger charge is 2.20. The molecule has 0 aliphatic rings. The largest absolute Gasteiger partial charge is 0.462 e. The lowest BCUT2D eigenvalue weighted by molar-refractivity contribution is 0.0526. The van der Waals surface area contributed by atoms with Crippen LogP contribution in [0.25, 0.3) is 5.52 Å². The summed E-state index contributed by atoms with van der Waals surface area (Å²) < 4.78 is 7.04. The first-order valence-corrected chi connectivity index (χ1v) is 12.7. The summed E-state index contributed by atoms with van der Waals surface area (Å²) in [7, 11) is 0. The maximum Gasteiger partial charge on any atom is 0.338 e. The van der Waals surface area contributed by atoms with Gasteiger partial charge in [0.05, 0.1) is 17.9 Å². The summed E-state index contributed by atoms with van der Waals surface area (Å²) in [6.45, 7) is 6.45. The van der Waals surface area contributed by atoms with Gasteiger partial charge in [0.25, 0.3) is 0 Å². The standard InChI is InChI=1S/C29H38N2O3/c1-4-7-9-23-19-26-20-24(29(33)34-6-3)17-18-31(26)27(23)28(32)22-14-11-21(12-15-22)13-16-25(30)10-8-5-2/h11-12,14-15,17-20,25H,4-10,13,16,30H2,1-3H3. The lowest BCUT2D eigenvalue weighted by Crippen LogP contribution is -2.20. The van der Waals surface area contributed by atoms with E-state index in [0.29, 0.717) is 23.4 Å². The van der Waals surface area contributed by atoms with Crippen molar-refractivity contribution in [3.05, 3.63) is 76.6 Å². The van der Waals surface area contributed by atoms with Crippen molar-refractivity contribution >= 4 is 17.3 Å². The molecular weight excluding hydrogens is 424 g/mol. The van der Waals surface area contributed by atoms with Crippen LogP contribution in [0.15, 0.2) is 48.7 Å². The molecule has 2 aromatic heterocycles. The molecule has 2 N–H and O–H groups in total. The van der Waals surface area contributed by atoms with Gasteiger partial charge in [-0.1, -0.05) is 57.4 Å². The SMILES string of the molecule is CCCCc1cc2cc(C(=O)OCC)ccn2c1C(=O)c1ccc(CCC(N)CCCC)cc1. The Morgan fingerprint density at radius 2 is 1.65 bits per heavy atom. The Kier molecular flexibility index (Phi) is 9.46. The number of carbonyl (C=O) groups is 2. The number of hydrogen-bond donors (Lipinski definition) is 1. The van der Waals surface area contributed by atoms with Crippen molar-refractivity contribution in [2.75, 3.05) is 6.61 Å². The van der Waals surface area contributed by atoms with E-state index in [4.69, 9.17) is 10.5 Å². The second kappa shape index (κ2) is 12.5. The predicted octanol–water partition coefficient (Wildman–Crippen LogP) is 6.14. The molecular formula is C29H38N2O3. The van der Waals surface area contributed by atoms with E-state index in [0.717, 1.165) is 49.6 Å². The van der Waals surface area contributed by atoms with Crippen molar-refractivity contribution in [2.45, 2.75) is 78.2 Å². The van der Waals surface area contributed by atoms with E-state index < -0.39 is 0 Å². The first-order valence-electron chi connectivity index (χ1n) is 12.7. The molecule has 0 aliphatic heterocycles. The van der Waals surface area contributed by atoms with Gasteiger partial charge in [-0.15, -0.1) is 0 Å². The zero-order valence-electron chi connectivity index (χ0n) is 20.8. The Hall–Kier alpha value is -2.92. The van der Waals surface area contributed by atoms with Crippen molar-refractivity contribution in [1.29, 1.82) is 0 Å². The van der Waals surface area contributed by atoms with Gasteiger partial charge in [-0.25, -0.2) is 4.79 Å². The van der Waals surface area contributed by atoms with Crippen molar-refractivity contribution in [3.63, 3.8) is 0 Å². The number of benzene rings is 1. The van der Waals surface area contributed by atoms with E-state index >= 15 is 0 Å². The Bertz CT molecular complexity index is 1100. The Labute approximate surface area is 203 Å². The Morgan fingerprint density at radius 1 is 0.912 bits per heavy atom. The van der Waals surface area contributed by atoms with Gasteiger partial charge in [0, 0.05) is 23.3 Å². The molecule has 1 unspecified atom stereocenters. The van der Waals surface area contributed by atoms with E-state index in [1.165, 1.54) is 18.4 Å². The number of fused-ring (bicyclic) bond motifs is 1. The quantitative estimate of drug-likeness (QED) is 0.245. The van der Waals surface area contributed by atoms with Crippen LogP contribution in [0.4, 0.5) is 0 Å². The summed E-state index contributed by atoms with van der Waals surface area (Å²) in [5.41, 5.74) is 11.1. The fraction of sp³-hybridized carbons (Fsp3) is 0.448. The molecule has 0 bridgehead atoms. The molecule has 0 amide bonds. The van der Waals surface area contributed by atoms with Crippen LogP contribution in [0.1, 0.15) is 96.8 Å². The van der Waals surface area contributed by atoms with Gasteiger partial charge in [0.15, 0.2) is 0 Å². The summed E-state index contributed by atoms with van der Waals surface area (Å²) in [6, 6.07) is 13.7. The van der Waals surface area contributed by atoms with E-state index in [1.54, 1.807) is 25.3 Å².